The quantitative estimate of drug-likeness (QED) is 0.634. The second kappa shape index (κ2) is 5.20. The predicted octanol–water partition coefficient (Wildman–Crippen LogP) is 1.98. The minimum atomic E-state index is -0.732. The van der Waals surface area contributed by atoms with Crippen LogP contribution in [0, 0.1) is 0 Å². The summed E-state index contributed by atoms with van der Waals surface area (Å²) in [5.74, 6) is 0. The summed E-state index contributed by atoms with van der Waals surface area (Å²) in [4.78, 5) is 0. The second-order valence-corrected chi connectivity index (χ2v) is 6.57. The molecule has 0 saturated carbocycles. The Labute approximate surface area is 94.1 Å². The van der Waals surface area contributed by atoms with Gasteiger partial charge in [-0.25, -0.2) is 0 Å². The van der Waals surface area contributed by atoms with E-state index in [2.05, 4.69) is 0 Å². The third-order valence-electron chi connectivity index (χ3n) is 2.08. The van der Waals surface area contributed by atoms with Gasteiger partial charge in [0, 0.05) is 18.4 Å². The van der Waals surface area contributed by atoms with Crippen LogP contribution >= 0.6 is 7.12 Å². The first-order chi connectivity index (χ1) is 7.42. The lowest BCUT2D eigenvalue weighted by Crippen LogP contribution is -2.09. The van der Waals surface area contributed by atoms with Crippen molar-refractivity contribution in [2.75, 3.05) is 0 Å². The number of hydrogen-bond donors (Lipinski definition) is 1. The summed E-state index contributed by atoms with van der Waals surface area (Å²) in [7, 11) is -0.732. The zero-order valence-corrected chi connectivity index (χ0v) is 9.87. The Morgan fingerprint density at radius 3 is 1.47 bits per heavy atom. The van der Waals surface area contributed by atoms with Crippen LogP contribution in [0.5, 0.6) is 0 Å². The van der Waals surface area contributed by atoms with Gasteiger partial charge >= 0.3 is 0 Å². The molecule has 0 spiro atoms. The highest BCUT2D eigenvalue weighted by Gasteiger charge is 2.10. The molecule has 0 radical (unpaired) electrons. The van der Waals surface area contributed by atoms with E-state index in [1.165, 1.54) is 0 Å². The van der Waals surface area contributed by atoms with Gasteiger partial charge in [0.1, 0.15) is 0 Å². The first-order valence-corrected chi connectivity index (χ1v) is 7.51. The van der Waals surface area contributed by atoms with Gasteiger partial charge in [0.25, 0.3) is 0 Å². The molecule has 0 aliphatic heterocycles. The summed E-state index contributed by atoms with van der Waals surface area (Å²) < 4.78 is 11.2. The Bertz CT molecular complexity index is 390. The van der Waals surface area contributed by atoms with E-state index in [1.54, 1.807) is 0 Å². The van der Waals surface area contributed by atoms with Crippen molar-refractivity contribution in [2.45, 2.75) is 0 Å². The van der Waals surface area contributed by atoms with E-state index in [0.717, 1.165) is 10.6 Å². The molecule has 2 rings (SSSR count). The van der Waals surface area contributed by atoms with Gasteiger partial charge < -0.3 is 0 Å². The monoisotopic (exact) mass is 234 g/mol. The molecule has 0 aromatic heterocycles. The Morgan fingerprint density at radius 2 is 1.13 bits per heavy atom. The van der Waals surface area contributed by atoms with E-state index in [0.29, 0.717) is 0 Å². The number of rotatable bonds is 3. The molecule has 0 bridgehead atoms. The van der Waals surface area contributed by atoms with Gasteiger partial charge in [0.05, 0.1) is 0 Å². The Hall–Kier alpha value is -0.980. The van der Waals surface area contributed by atoms with Gasteiger partial charge in [-0.3, -0.25) is 4.21 Å². The zero-order valence-electron chi connectivity index (χ0n) is 8.08. The summed E-state index contributed by atoms with van der Waals surface area (Å²) in [6.45, 7) is 0. The van der Waals surface area contributed by atoms with Crippen LogP contribution in [0.25, 0.3) is 0 Å². The van der Waals surface area contributed by atoms with E-state index in [1.807, 2.05) is 60.7 Å². The van der Waals surface area contributed by atoms with E-state index in [9.17, 15) is 4.21 Å². The molecule has 3 heteroatoms. The molecule has 0 saturated heterocycles. The largest absolute Gasteiger partial charge is 0.258 e. The van der Waals surface area contributed by atoms with Crippen molar-refractivity contribution < 1.29 is 4.21 Å². The number of hydrogen-bond acceptors (Lipinski definition) is 1. The number of thiol groups is 1. The fourth-order valence-electron chi connectivity index (χ4n) is 1.38. The molecule has 0 unspecified atom stereocenters. The van der Waals surface area contributed by atoms with Crippen LogP contribution in [0.4, 0.5) is 0 Å². The fourth-order valence-corrected chi connectivity index (χ4v) is 4.14. The topological polar surface area (TPSA) is 17.1 Å². The van der Waals surface area contributed by atoms with Gasteiger partial charge in [-0.2, -0.15) is 0 Å². The maximum Gasteiger partial charge on any atom is 0.0467 e. The minimum Gasteiger partial charge on any atom is -0.258 e. The van der Waals surface area contributed by atoms with Crippen molar-refractivity contribution in [3.63, 3.8) is 0 Å². The van der Waals surface area contributed by atoms with Crippen molar-refractivity contribution in [3.8, 4) is 0 Å². The van der Waals surface area contributed by atoms with Gasteiger partial charge in [-0.1, -0.05) is 60.7 Å². The highest BCUT2D eigenvalue weighted by Crippen LogP contribution is 2.31. The summed E-state index contributed by atoms with van der Waals surface area (Å²) >= 11 is 0.205. The van der Waals surface area contributed by atoms with Crippen LogP contribution in [-0.4, -0.2) is 4.21 Å². The van der Waals surface area contributed by atoms with Gasteiger partial charge in [0.2, 0.25) is 0 Å². The average Bonchev–Trinajstić information content (AvgIpc) is 2.33. The molecule has 2 aromatic carbocycles. The molecule has 1 nitrogen and oxygen atoms in total. The molecule has 0 aliphatic rings. The highest BCUT2D eigenvalue weighted by atomic mass is 32.7. The van der Waals surface area contributed by atoms with Crippen LogP contribution in [0.3, 0.4) is 0 Å². The van der Waals surface area contributed by atoms with Crippen LogP contribution < -0.4 is 10.6 Å². The maximum absolute atomic E-state index is 11.2. The summed E-state index contributed by atoms with van der Waals surface area (Å²) in [5.41, 5.74) is 0. The molecule has 76 valence electrons. The SMILES string of the molecule is O=[SH]P(c1ccccc1)c1ccccc1. The van der Waals surface area contributed by atoms with Crippen molar-refractivity contribution >= 4 is 29.0 Å². The first-order valence-electron chi connectivity index (χ1n) is 4.65. The normalized spacial score (nSPS) is 10.5. The van der Waals surface area contributed by atoms with E-state index in [4.69, 9.17) is 0 Å². The van der Waals surface area contributed by atoms with Crippen molar-refractivity contribution in [1.82, 2.24) is 0 Å². The lowest BCUT2D eigenvalue weighted by atomic mass is 10.4. The molecule has 0 N–H and O–H groups in total. The lowest BCUT2D eigenvalue weighted by Gasteiger charge is -2.10. The first kappa shape index (κ1) is 10.5. The van der Waals surface area contributed by atoms with Crippen LogP contribution in [0.15, 0.2) is 60.7 Å². The van der Waals surface area contributed by atoms with Crippen molar-refractivity contribution in [3.05, 3.63) is 60.7 Å². The Balaban J connectivity index is 2.38. The maximum atomic E-state index is 11.2. The molecule has 0 atom stereocenters. The molecule has 0 heterocycles. The van der Waals surface area contributed by atoms with Gasteiger partial charge in [-0.15, -0.1) is 0 Å². The molecule has 0 fully saturated rings. The van der Waals surface area contributed by atoms with Crippen LogP contribution in [0.1, 0.15) is 0 Å². The molecular weight excluding hydrogens is 223 g/mol. The van der Waals surface area contributed by atoms with Gasteiger partial charge in [-0.05, 0) is 10.6 Å². The smallest absolute Gasteiger partial charge is 0.0467 e. The standard InChI is InChI=1S/C12H11OPS/c13-15-14(11-7-3-1-4-8-11)12-9-5-2-6-10-12/h1-10,15H. The minimum absolute atomic E-state index is 0.205. The van der Waals surface area contributed by atoms with Crippen molar-refractivity contribution in [2.24, 2.45) is 0 Å². The molecular formula is C12H11OPS. The van der Waals surface area contributed by atoms with Crippen molar-refractivity contribution in [1.29, 1.82) is 0 Å². The van der Waals surface area contributed by atoms with E-state index >= 15 is 0 Å². The van der Waals surface area contributed by atoms with E-state index in [-0.39, 0.29) is 11.3 Å². The average molecular weight is 234 g/mol. The summed E-state index contributed by atoms with van der Waals surface area (Å²) in [6, 6.07) is 20.0. The van der Waals surface area contributed by atoms with Gasteiger partial charge in [0.15, 0.2) is 0 Å². The molecule has 2 aromatic rings. The van der Waals surface area contributed by atoms with Crippen LogP contribution in [-0.2, 0) is 11.3 Å². The Morgan fingerprint density at radius 1 is 0.733 bits per heavy atom. The third-order valence-corrected chi connectivity index (χ3v) is 5.70. The lowest BCUT2D eigenvalue weighted by molar-refractivity contribution is 0.700. The number of benzene rings is 2. The fraction of sp³-hybridized carbons (Fsp3) is 0. The highest BCUT2D eigenvalue weighted by molar-refractivity contribution is 8.42. The van der Waals surface area contributed by atoms with E-state index < -0.39 is 7.12 Å². The molecule has 0 amide bonds. The third kappa shape index (κ3) is 2.53. The molecule has 15 heavy (non-hydrogen) atoms. The second-order valence-electron chi connectivity index (χ2n) is 3.06. The predicted molar refractivity (Wildman–Crippen MR) is 68.6 cm³/mol. The summed E-state index contributed by atoms with van der Waals surface area (Å²) in [6.07, 6.45) is 0. The van der Waals surface area contributed by atoms with Crippen LogP contribution in [0.2, 0.25) is 0 Å². The Kier molecular flexibility index (Phi) is 3.65. The summed E-state index contributed by atoms with van der Waals surface area (Å²) in [5, 5.41) is 2.30. The zero-order chi connectivity index (χ0) is 10.5. The molecule has 0 aliphatic carbocycles.